The summed E-state index contributed by atoms with van der Waals surface area (Å²) in [5.74, 6) is 0.0360. The summed E-state index contributed by atoms with van der Waals surface area (Å²) < 4.78 is 5.42. The van der Waals surface area contributed by atoms with Gasteiger partial charge in [-0.25, -0.2) is 4.98 Å². The minimum absolute atomic E-state index is 0.0360. The third kappa shape index (κ3) is 6.71. The minimum Gasteiger partial charge on any atom is -0.381 e. The van der Waals surface area contributed by atoms with Crippen LogP contribution in [0, 0.1) is 6.92 Å². The van der Waals surface area contributed by atoms with E-state index in [1.165, 1.54) is 0 Å². The molecule has 0 fully saturated rings. The van der Waals surface area contributed by atoms with Crippen molar-refractivity contribution in [1.29, 1.82) is 0 Å². The van der Waals surface area contributed by atoms with Crippen molar-refractivity contribution in [3.63, 3.8) is 0 Å². The van der Waals surface area contributed by atoms with Crippen LogP contribution >= 0.6 is 11.3 Å². The number of carbonyl (C=O) groups excluding carboxylic acids is 1. The van der Waals surface area contributed by atoms with Gasteiger partial charge in [-0.3, -0.25) is 4.79 Å². The third-order valence-electron chi connectivity index (χ3n) is 2.44. The fourth-order valence-corrected chi connectivity index (χ4v) is 2.08. The Hall–Kier alpha value is -0.940. The van der Waals surface area contributed by atoms with Gasteiger partial charge in [-0.05, 0) is 19.8 Å². The molecule has 5 heteroatoms. The Bertz CT molecular complexity index is 353. The van der Waals surface area contributed by atoms with Crippen molar-refractivity contribution in [2.75, 3.05) is 19.8 Å². The second kappa shape index (κ2) is 9.05. The summed E-state index contributed by atoms with van der Waals surface area (Å²) in [5.41, 5.74) is 0.856. The first kappa shape index (κ1) is 15.1. The maximum atomic E-state index is 11.6. The first-order chi connectivity index (χ1) is 8.72. The number of rotatable bonds is 9. The second-order valence-corrected chi connectivity index (χ2v) is 5.27. The molecule has 1 aromatic heterocycles. The van der Waals surface area contributed by atoms with Gasteiger partial charge < -0.3 is 10.1 Å². The highest BCUT2D eigenvalue weighted by molar-refractivity contribution is 7.09. The highest BCUT2D eigenvalue weighted by Crippen LogP contribution is 2.08. The van der Waals surface area contributed by atoms with Crippen LogP contribution in [0.25, 0.3) is 0 Å². The standard InChI is InChI=1S/C13H22N2O2S/c1-3-4-7-17-8-5-6-14-13(16)9-12-10-18-11(2)15-12/h10H,3-9H2,1-2H3,(H,14,16). The number of hydrogen-bond donors (Lipinski definition) is 1. The predicted octanol–water partition coefficient (Wildman–Crippen LogP) is 2.32. The Morgan fingerprint density at radius 1 is 1.44 bits per heavy atom. The molecule has 0 bridgehead atoms. The second-order valence-electron chi connectivity index (χ2n) is 4.20. The summed E-state index contributed by atoms with van der Waals surface area (Å²) in [7, 11) is 0. The number of unbranched alkanes of at least 4 members (excludes halogenated alkanes) is 1. The van der Waals surface area contributed by atoms with Gasteiger partial charge in [0.1, 0.15) is 0 Å². The van der Waals surface area contributed by atoms with Gasteiger partial charge in [0.25, 0.3) is 0 Å². The van der Waals surface area contributed by atoms with Crippen molar-refractivity contribution in [2.24, 2.45) is 0 Å². The summed E-state index contributed by atoms with van der Waals surface area (Å²) in [6, 6.07) is 0. The molecule has 18 heavy (non-hydrogen) atoms. The van der Waals surface area contributed by atoms with Crippen molar-refractivity contribution >= 4 is 17.2 Å². The van der Waals surface area contributed by atoms with Crippen molar-refractivity contribution < 1.29 is 9.53 Å². The number of nitrogens with one attached hydrogen (secondary N) is 1. The van der Waals surface area contributed by atoms with E-state index in [1.807, 2.05) is 12.3 Å². The molecule has 1 amide bonds. The Kier molecular flexibility index (Phi) is 7.60. The Morgan fingerprint density at radius 2 is 2.22 bits per heavy atom. The van der Waals surface area contributed by atoms with Crippen LogP contribution in [0.1, 0.15) is 36.9 Å². The van der Waals surface area contributed by atoms with E-state index < -0.39 is 0 Å². The normalized spacial score (nSPS) is 10.6. The van der Waals surface area contributed by atoms with Gasteiger partial charge in [-0.15, -0.1) is 11.3 Å². The number of nitrogens with zero attached hydrogens (tertiary/aromatic N) is 1. The number of hydrogen-bond acceptors (Lipinski definition) is 4. The lowest BCUT2D eigenvalue weighted by molar-refractivity contribution is -0.120. The minimum atomic E-state index is 0.0360. The van der Waals surface area contributed by atoms with E-state index in [0.717, 1.165) is 43.2 Å². The van der Waals surface area contributed by atoms with Crippen LogP contribution in [0.15, 0.2) is 5.38 Å². The maximum Gasteiger partial charge on any atom is 0.226 e. The zero-order chi connectivity index (χ0) is 13.2. The van der Waals surface area contributed by atoms with E-state index in [4.69, 9.17) is 4.74 Å². The van der Waals surface area contributed by atoms with Crippen LogP contribution in [-0.2, 0) is 16.0 Å². The zero-order valence-corrected chi connectivity index (χ0v) is 12.0. The Labute approximate surface area is 113 Å². The number of aromatic nitrogens is 1. The SMILES string of the molecule is CCCCOCCCNC(=O)Cc1csc(C)n1. The van der Waals surface area contributed by atoms with Crippen LogP contribution in [0.2, 0.25) is 0 Å². The average Bonchev–Trinajstić information content (AvgIpc) is 2.73. The summed E-state index contributed by atoms with van der Waals surface area (Å²) in [5, 5.41) is 5.81. The fraction of sp³-hybridized carbons (Fsp3) is 0.692. The highest BCUT2D eigenvalue weighted by Gasteiger charge is 2.05. The van der Waals surface area contributed by atoms with Crippen molar-refractivity contribution in [2.45, 2.75) is 39.5 Å². The molecule has 102 valence electrons. The Balaban J connectivity index is 2.00. The number of thiazole rings is 1. The first-order valence-electron chi connectivity index (χ1n) is 6.47. The fourth-order valence-electron chi connectivity index (χ4n) is 1.47. The molecule has 0 spiro atoms. The molecule has 0 aromatic carbocycles. The highest BCUT2D eigenvalue weighted by atomic mass is 32.1. The zero-order valence-electron chi connectivity index (χ0n) is 11.2. The van der Waals surface area contributed by atoms with E-state index in [1.54, 1.807) is 11.3 Å². The molecule has 0 atom stereocenters. The number of amides is 1. The van der Waals surface area contributed by atoms with Gasteiger partial charge in [-0.1, -0.05) is 13.3 Å². The monoisotopic (exact) mass is 270 g/mol. The van der Waals surface area contributed by atoms with Crippen LogP contribution < -0.4 is 5.32 Å². The lowest BCUT2D eigenvalue weighted by Gasteiger charge is -2.05. The molecule has 0 aliphatic rings. The van der Waals surface area contributed by atoms with E-state index in [9.17, 15) is 4.79 Å². The third-order valence-corrected chi connectivity index (χ3v) is 3.26. The molecule has 1 aromatic rings. The maximum absolute atomic E-state index is 11.6. The van der Waals surface area contributed by atoms with Crippen LogP contribution in [0.4, 0.5) is 0 Å². The van der Waals surface area contributed by atoms with Crippen molar-refractivity contribution in [1.82, 2.24) is 10.3 Å². The first-order valence-corrected chi connectivity index (χ1v) is 7.35. The number of aryl methyl sites for hydroxylation is 1. The molecule has 4 nitrogen and oxygen atoms in total. The number of ether oxygens (including phenoxy) is 1. The largest absolute Gasteiger partial charge is 0.381 e. The molecule has 1 rings (SSSR count). The van der Waals surface area contributed by atoms with E-state index in [-0.39, 0.29) is 5.91 Å². The van der Waals surface area contributed by atoms with E-state index in [2.05, 4.69) is 17.2 Å². The molecule has 0 saturated carbocycles. The van der Waals surface area contributed by atoms with E-state index in [0.29, 0.717) is 13.0 Å². The molecule has 0 radical (unpaired) electrons. The quantitative estimate of drug-likeness (QED) is 0.701. The Morgan fingerprint density at radius 3 is 2.89 bits per heavy atom. The molecular weight excluding hydrogens is 248 g/mol. The molecular formula is C13H22N2O2S. The van der Waals surface area contributed by atoms with Gasteiger partial charge in [0.15, 0.2) is 0 Å². The summed E-state index contributed by atoms with van der Waals surface area (Å²) in [6.45, 7) is 6.30. The lowest BCUT2D eigenvalue weighted by atomic mass is 10.3. The van der Waals surface area contributed by atoms with Crippen LogP contribution in [0.5, 0.6) is 0 Å². The molecule has 0 unspecified atom stereocenters. The van der Waals surface area contributed by atoms with Gasteiger partial charge in [0.2, 0.25) is 5.91 Å². The van der Waals surface area contributed by atoms with Crippen molar-refractivity contribution in [3.05, 3.63) is 16.1 Å². The predicted molar refractivity (Wildman–Crippen MR) is 73.9 cm³/mol. The lowest BCUT2D eigenvalue weighted by Crippen LogP contribution is -2.27. The molecule has 1 heterocycles. The average molecular weight is 270 g/mol. The van der Waals surface area contributed by atoms with Gasteiger partial charge in [-0.2, -0.15) is 0 Å². The smallest absolute Gasteiger partial charge is 0.226 e. The van der Waals surface area contributed by atoms with Crippen molar-refractivity contribution in [3.8, 4) is 0 Å². The molecule has 0 aliphatic heterocycles. The molecule has 1 N–H and O–H groups in total. The van der Waals surface area contributed by atoms with Gasteiger partial charge >= 0.3 is 0 Å². The van der Waals surface area contributed by atoms with Crippen LogP contribution in [0.3, 0.4) is 0 Å². The van der Waals surface area contributed by atoms with Gasteiger partial charge in [0.05, 0.1) is 17.1 Å². The van der Waals surface area contributed by atoms with Gasteiger partial charge in [0, 0.05) is 25.1 Å². The summed E-state index contributed by atoms with van der Waals surface area (Å²) >= 11 is 1.57. The molecule has 0 aliphatic carbocycles. The molecule has 0 saturated heterocycles. The topological polar surface area (TPSA) is 51.2 Å². The summed E-state index contributed by atoms with van der Waals surface area (Å²) in [6.07, 6.45) is 3.51. The number of carbonyl (C=O) groups is 1. The van der Waals surface area contributed by atoms with E-state index >= 15 is 0 Å². The summed E-state index contributed by atoms with van der Waals surface area (Å²) in [4.78, 5) is 15.8. The van der Waals surface area contributed by atoms with Crippen LogP contribution in [-0.4, -0.2) is 30.6 Å².